The number of hydrogen-bond acceptors (Lipinski definition) is 4. The lowest BCUT2D eigenvalue weighted by molar-refractivity contribution is 0.404. The van der Waals surface area contributed by atoms with Crippen molar-refractivity contribution >= 4 is 29.4 Å². The zero-order valence-corrected chi connectivity index (χ0v) is 13.4. The van der Waals surface area contributed by atoms with Crippen LogP contribution in [0, 0.1) is 0 Å². The van der Waals surface area contributed by atoms with Gasteiger partial charge in [0, 0.05) is 18.0 Å². The first-order valence-corrected chi connectivity index (χ1v) is 7.30. The molecule has 0 aliphatic carbocycles. The fourth-order valence-corrected chi connectivity index (χ4v) is 2.95. The molecule has 1 heterocycles. The zero-order valence-electron chi connectivity index (χ0n) is 11.8. The van der Waals surface area contributed by atoms with Gasteiger partial charge in [-0.25, -0.2) is 4.99 Å². The molecule has 0 radical (unpaired) electrons. The Bertz CT molecular complexity index is 841. The Kier molecular flexibility index (Phi) is 4.90. The molecule has 3 aromatic rings. The van der Waals surface area contributed by atoms with Crippen molar-refractivity contribution in [3.63, 3.8) is 0 Å². The molecule has 0 unspecified atom stereocenters. The third-order valence-electron chi connectivity index (χ3n) is 3.18. The van der Waals surface area contributed by atoms with Crippen molar-refractivity contribution in [3.05, 3.63) is 58.7 Å². The quantitative estimate of drug-likeness (QED) is 0.700. The molecule has 2 aromatic carbocycles. The molecular formula is C16H15ClN2O2S. The lowest BCUT2D eigenvalue weighted by Crippen LogP contribution is -2.10. The Morgan fingerprint density at radius 3 is 2.41 bits per heavy atom. The number of halogens is 1. The van der Waals surface area contributed by atoms with E-state index in [1.807, 2.05) is 47.3 Å². The van der Waals surface area contributed by atoms with Crippen LogP contribution in [0.1, 0.15) is 0 Å². The molecule has 6 heteroatoms. The van der Waals surface area contributed by atoms with E-state index in [4.69, 9.17) is 0 Å². The Hall–Kier alpha value is -2.24. The van der Waals surface area contributed by atoms with Gasteiger partial charge >= 0.3 is 0 Å². The van der Waals surface area contributed by atoms with E-state index in [1.165, 1.54) is 17.4 Å². The van der Waals surface area contributed by atoms with Gasteiger partial charge in [-0.3, -0.25) is 0 Å². The summed E-state index contributed by atoms with van der Waals surface area (Å²) < 4.78 is 1.96. The topological polar surface area (TPSA) is 57.8 Å². The van der Waals surface area contributed by atoms with Gasteiger partial charge in [0.2, 0.25) is 0 Å². The number of hydrogen-bond donors (Lipinski definition) is 2. The van der Waals surface area contributed by atoms with Gasteiger partial charge in [0.1, 0.15) is 0 Å². The highest BCUT2D eigenvalue weighted by Gasteiger charge is 2.07. The maximum Gasteiger partial charge on any atom is 0.190 e. The number of para-hydroxylation sites is 1. The van der Waals surface area contributed by atoms with E-state index in [0.717, 1.165) is 21.7 Å². The summed E-state index contributed by atoms with van der Waals surface area (Å²) in [7, 11) is 1.93. The van der Waals surface area contributed by atoms with Crippen LogP contribution in [-0.2, 0) is 7.05 Å². The highest BCUT2D eigenvalue weighted by atomic mass is 35.5. The van der Waals surface area contributed by atoms with Crippen molar-refractivity contribution in [2.24, 2.45) is 12.0 Å². The molecular weight excluding hydrogens is 320 g/mol. The van der Waals surface area contributed by atoms with E-state index in [9.17, 15) is 10.2 Å². The number of aromatic hydroxyl groups is 2. The molecule has 0 amide bonds. The van der Waals surface area contributed by atoms with Crippen LogP contribution in [0.4, 0.5) is 5.69 Å². The summed E-state index contributed by atoms with van der Waals surface area (Å²) >= 11 is 1.53. The molecule has 3 rings (SSSR count). The third kappa shape index (κ3) is 3.16. The van der Waals surface area contributed by atoms with Gasteiger partial charge in [-0.15, -0.1) is 23.7 Å². The van der Waals surface area contributed by atoms with Crippen molar-refractivity contribution < 1.29 is 10.2 Å². The molecule has 0 saturated heterocycles. The van der Waals surface area contributed by atoms with Gasteiger partial charge in [-0.1, -0.05) is 18.2 Å². The van der Waals surface area contributed by atoms with Crippen LogP contribution in [0.5, 0.6) is 11.5 Å². The lowest BCUT2D eigenvalue weighted by atomic mass is 10.1. The fourth-order valence-electron chi connectivity index (χ4n) is 2.03. The minimum absolute atomic E-state index is 0. The van der Waals surface area contributed by atoms with Crippen LogP contribution in [0.25, 0.3) is 11.3 Å². The van der Waals surface area contributed by atoms with E-state index >= 15 is 0 Å². The Balaban J connectivity index is 0.00000176. The maximum absolute atomic E-state index is 9.62. The number of phenolic OH excluding ortho intramolecular Hbond substituents is 2. The summed E-state index contributed by atoms with van der Waals surface area (Å²) in [5.74, 6) is -0.244. The SMILES string of the molecule is Cl.Cn1c(-c2ccc(O)c(O)c2)csc1=Nc1ccccc1. The van der Waals surface area contributed by atoms with E-state index in [-0.39, 0.29) is 23.9 Å². The van der Waals surface area contributed by atoms with E-state index in [0.29, 0.717) is 0 Å². The predicted octanol–water partition coefficient (Wildman–Crippen LogP) is 3.82. The number of benzene rings is 2. The highest BCUT2D eigenvalue weighted by molar-refractivity contribution is 7.07. The molecule has 0 aliphatic heterocycles. The second-order valence-corrected chi connectivity index (χ2v) is 5.45. The maximum atomic E-state index is 9.62. The van der Waals surface area contributed by atoms with Crippen molar-refractivity contribution in [1.82, 2.24) is 4.57 Å². The average molecular weight is 335 g/mol. The smallest absolute Gasteiger partial charge is 0.190 e. The molecule has 1 aromatic heterocycles. The first-order chi connectivity index (χ1) is 10.1. The Labute approximate surface area is 138 Å². The Morgan fingerprint density at radius 1 is 1.00 bits per heavy atom. The van der Waals surface area contributed by atoms with Gasteiger partial charge in [-0.05, 0) is 30.3 Å². The van der Waals surface area contributed by atoms with Crippen molar-refractivity contribution in [3.8, 4) is 22.8 Å². The van der Waals surface area contributed by atoms with Crippen LogP contribution in [-0.4, -0.2) is 14.8 Å². The van der Waals surface area contributed by atoms with Crippen molar-refractivity contribution in [2.45, 2.75) is 0 Å². The highest BCUT2D eigenvalue weighted by Crippen LogP contribution is 2.30. The summed E-state index contributed by atoms with van der Waals surface area (Å²) in [4.78, 5) is 5.46. The summed E-state index contributed by atoms with van der Waals surface area (Å²) in [5.41, 5.74) is 2.67. The average Bonchev–Trinajstić information content (AvgIpc) is 2.84. The van der Waals surface area contributed by atoms with Gasteiger partial charge in [0.05, 0.1) is 11.4 Å². The molecule has 114 valence electrons. The molecule has 0 spiro atoms. The number of aromatic nitrogens is 1. The van der Waals surface area contributed by atoms with Crippen LogP contribution < -0.4 is 4.80 Å². The lowest BCUT2D eigenvalue weighted by Gasteiger charge is -2.04. The largest absolute Gasteiger partial charge is 0.504 e. The molecule has 4 nitrogen and oxygen atoms in total. The van der Waals surface area contributed by atoms with Gasteiger partial charge in [-0.2, -0.15) is 0 Å². The zero-order chi connectivity index (χ0) is 14.8. The summed E-state index contributed by atoms with van der Waals surface area (Å²) in [6, 6.07) is 14.6. The molecule has 22 heavy (non-hydrogen) atoms. The molecule has 0 aliphatic rings. The minimum Gasteiger partial charge on any atom is -0.504 e. The van der Waals surface area contributed by atoms with E-state index in [1.54, 1.807) is 12.1 Å². The number of rotatable bonds is 2. The molecule has 0 atom stereocenters. The Morgan fingerprint density at radius 2 is 1.73 bits per heavy atom. The van der Waals surface area contributed by atoms with Crippen molar-refractivity contribution in [1.29, 1.82) is 0 Å². The number of phenols is 2. The predicted molar refractivity (Wildman–Crippen MR) is 91.0 cm³/mol. The molecule has 0 saturated carbocycles. The van der Waals surface area contributed by atoms with Crippen LogP contribution >= 0.6 is 23.7 Å². The normalized spacial score (nSPS) is 11.2. The van der Waals surface area contributed by atoms with Gasteiger partial charge < -0.3 is 14.8 Å². The van der Waals surface area contributed by atoms with Crippen LogP contribution in [0.15, 0.2) is 58.9 Å². The monoisotopic (exact) mass is 334 g/mol. The standard InChI is InChI=1S/C16H14N2O2S.ClH/c1-18-13(11-7-8-14(19)15(20)9-11)10-21-16(18)17-12-5-3-2-4-6-12;/h2-10,19-20H,1H3;1H. The number of nitrogens with zero attached hydrogens (tertiary/aromatic N) is 2. The molecule has 0 bridgehead atoms. The first-order valence-electron chi connectivity index (χ1n) is 6.42. The summed E-state index contributed by atoms with van der Waals surface area (Å²) in [6.45, 7) is 0. The fraction of sp³-hybridized carbons (Fsp3) is 0.0625. The van der Waals surface area contributed by atoms with E-state index in [2.05, 4.69) is 4.99 Å². The van der Waals surface area contributed by atoms with Gasteiger partial charge in [0.25, 0.3) is 0 Å². The summed E-state index contributed by atoms with van der Waals surface area (Å²) in [5, 5.41) is 21.0. The van der Waals surface area contributed by atoms with Crippen LogP contribution in [0.3, 0.4) is 0 Å². The van der Waals surface area contributed by atoms with Crippen LogP contribution in [0.2, 0.25) is 0 Å². The molecule has 2 N–H and O–H groups in total. The second-order valence-electron chi connectivity index (χ2n) is 4.61. The third-order valence-corrected chi connectivity index (χ3v) is 4.09. The van der Waals surface area contributed by atoms with E-state index < -0.39 is 0 Å². The first kappa shape index (κ1) is 16.1. The summed E-state index contributed by atoms with van der Waals surface area (Å²) in [6.07, 6.45) is 0. The van der Waals surface area contributed by atoms with Crippen molar-refractivity contribution in [2.75, 3.05) is 0 Å². The van der Waals surface area contributed by atoms with Gasteiger partial charge in [0.15, 0.2) is 16.3 Å². The second kappa shape index (κ2) is 6.68. The minimum atomic E-state index is -0.125. The molecule has 0 fully saturated rings. The number of thiazole rings is 1.